The highest BCUT2D eigenvalue weighted by Crippen LogP contribution is 2.38. The predicted molar refractivity (Wildman–Crippen MR) is 86.6 cm³/mol. The van der Waals surface area contributed by atoms with Crippen LogP contribution in [0.2, 0.25) is 0 Å². The summed E-state index contributed by atoms with van der Waals surface area (Å²) in [5.74, 6) is -0.0101. The van der Waals surface area contributed by atoms with Gasteiger partial charge in [-0.2, -0.15) is 0 Å². The van der Waals surface area contributed by atoms with Crippen LogP contribution >= 0.6 is 0 Å². The molecule has 23 heavy (non-hydrogen) atoms. The number of aliphatic hydroxyl groups excluding tert-OH is 1. The van der Waals surface area contributed by atoms with Gasteiger partial charge in [0.1, 0.15) is 0 Å². The number of piperidine rings is 1. The molecule has 1 fully saturated rings. The third-order valence-electron chi connectivity index (χ3n) is 4.67. The van der Waals surface area contributed by atoms with Gasteiger partial charge in [0.25, 0.3) is 0 Å². The summed E-state index contributed by atoms with van der Waals surface area (Å²) < 4.78 is 13.0. The predicted octanol–water partition coefficient (Wildman–Crippen LogP) is 1.64. The van der Waals surface area contributed by atoms with Gasteiger partial charge in [0.15, 0.2) is 5.82 Å². The van der Waals surface area contributed by atoms with E-state index < -0.39 is 17.5 Å². The monoisotopic (exact) mass is 316 g/mol. The molecule has 0 aliphatic carbocycles. The highest BCUT2D eigenvalue weighted by Gasteiger charge is 2.45. The molecule has 0 spiro atoms. The molecule has 0 saturated carbocycles. The summed E-state index contributed by atoms with van der Waals surface area (Å²) in [5.41, 5.74) is 0.648. The van der Waals surface area contributed by atoms with Gasteiger partial charge in [-0.05, 0) is 26.1 Å². The van der Waals surface area contributed by atoms with E-state index in [1.165, 1.54) is 0 Å². The molecule has 0 bridgehead atoms. The molecule has 2 heterocycles. The first kappa shape index (κ1) is 15.8. The number of aromatic nitrogens is 2. The van der Waals surface area contributed by atoms with Crippen molar-refractivity contribution < 1.29 is 9.50 Å². The second-order valence-electron chi connectivity index (χ2n) is 6.10. The van der Waals surface area contributed by atoms with Gasteiger partial charge in [-0.3, -0.25) is 4.90 Å². The molecule has 1 aliphatic rings. The molecule has 0 amide bonds. The molecule has 1 N–H and O–H groups in total. The molecule has 2 aromatic rings. The summed E-state index contributed by atoms with van der Waals surface area (Å²) in [4.78, 5) is 12.0. The molecule has 3 rings (SSSR count). The lowest BCUT2D eigenvalue weighted by Gasteiger charge is -2.49. The zero-order chi connectivity index (χ0) is 16.4. The molecule has 1 aliphatic heterocycles. The summed E-state index contributed by atoms with van der Waals surface area (Å²) in [6, 6.07) is 10.0. The van der Waals surface area contributed by atoms with Gasteiger partial charge in [0.2, 0.25) is 5.95 Å². The molecule has 0 radical (unpaired) electrons. The Labute approximate surface area is 135 Å². The van der Waals surface area contributed by atoms with Crippen LogP contribution in [0.4, 0.5) is 10.3 Å². The van der Waals surface area contributed by atoms with E-state index >= 15 is 0 Å². The highest BCUT2D eigenvalue weighted by atomic mass is 19.1. The van der Waals surface area contributed by atoms with Crippen LogP contribution in [0, 0.1) is 5.82 Å². The Kier molecular flexibility index (Phi) is 4.28. The van der Waals surface area contributed by atoms with Crippen molar-refractivity contribution >= 4 is 5.95 Å². The van der Waals surface area contributed by atoms with Crippen LogP contribution in [0.1, 0.15) is 12.0 Å². The number of halogens is 1. The topological polar surface area (TPSA) is 52.5 Å². The third-order valence-corrected chi connectivity index (χ3v) is 4.67. The number of anilines is 1. The fraction of sp³-hybridized carbons (Fsp3) is 0.412. The van der Waals surface area contributed by atoms with Crippen molar-refractivity contribution in [1.82, 2.24) is 14.9 Å². The number of β-amino-alcohol motifs (C(OH)–C–C–N with tert-alkyl or cyclic N) is 1. The van der Waals surface area contributed by atoms with Crippen molar-refractivity contribution in [3.05, 3.63) is 54.1 Å². The normalized spacial score (nSPS) is 24.9. The van der Waals surface area contributed by atoms with Crippen molar-refractivity contribution in [1.29, 1.82) is 0 Å². The minimum absolute atomic E-state index is 0.401. The molecule has 5 nitrogen and oxygen atoms in total. The summed E-state index contributed by atoms with van der Waals surface area (Å²) in [7, 11) is 3.97. The molecular weight excluding hydrogens is 295 g/mol. The van der Waals surface area contributed by atoms with Gasteiger partial charge < -0.3 is 10.0 Å². The Hall–Kier alpha value is -2.05. The number of nitrogens with zero attached hydrogens (tertiary/aromatic N) is 4. The summed E-state index contributed by atoms with van der Waals surface area (Å²) in [6.45, 7) is 1.09. The molecule has 1 aromatic heterocycles. The van der Waals surface area contributed by atoms with Gasteiger partial charge in [0.05, 0.1) is 24.0 Å². The maximum Gasteiger partial charge on any atom is 0.225 e. The second-order valence-corrected chi connectivity index (χ2v) is 6.10. The molecule has 1 saturated heterocycles. The molecule has 6 heteroatoms. The lowest BCUT2D eigenvalue weighted by molar-refractivity contribution is -0.0248. The fourth-order valence-electron chi connectivity index (χ4n) is 3.42. The third kappa shape index (κ3) is 2.80. The fourth-order valence-corrected chi connectivity index (χ4v) is 3.42. The summed E-state index contributed by atoms with van der Waals surface area (Å²) >= 11 is 0. The van der Waals surface area contributed by atoms with Crippen LogP contribution in [-0.4, -0.2) is 53.3 Å². The van der Waals surface area contributed by atoms with E-state index in [0.717, 1.165) is 24.4 Å². The Morgan fingerprint density at radius 1 is 1.22 bits per heavy atom. The minimum atomic E-state index is -0.609. The van der Waals surface area contributed by atoms with Crippen LogP contribution < -0.4 is 4.90 Å². The molecule has 1 aromatic carbocycles. The van der Waals surface area contributed by atoms with E-state index in [0.29, 0.717) is 19.0 Å². The van der Waals surface area contributed by atoms with Gasteiger partial charge in [0, 0.05) is 13.1 Å². The van der Waals surface area contributed by atoms with E-state index in [2.05, 4.69) is 14.9 Å². The van der Waals surface area contributed by atoms with E-state index in [4.69, 9.17) is 0 Å². The zero-order valence-corrected chi connectivity index (χ0v) is 13.4. The maximum absolute atomic E-state index is 13.0. The highest BCUT2D eigenvalue weighted by molar-refractivity contribution is 5.35. The number of aliphatic hydroxyl groups is 1. The first-order valence-electron chi connectivity index (χ1n) is 7.67. The van der Waals surface area contributed by atoms with Gasteiger partial charge in [-0.25, -0.2) is 14.4 Å². The Morgan fingerprint density at radius 3 is 2.43 bits per heavy atom. The van der Waals surface area contributed by atoms with Crippen LogP contribution in [0.3, 0.4) is 0 Å². The van der Waals surface area contributed by atoms with Gasteiger partial charge in [-0.15, -0.1) is 0 Å². The maximum atomic E-state index is 13.0. The minimum Gasteiger partial charge on any atom is -0.389 e. The quantitative estimate of drug-likeness (QED) is 0.933. The van der Waals surface area contributed by atoms with E-state index in [1.54, 1.807) is 0 Å². The van der Waals surface area contributed by atoms with Crippen molar-refractivity contribution in [3.8, 4) is 0 Å². The van der Waals surface area contributed by atoms with Crippen molar-refractivity contribution in [2.75, 3.05) is 32.1 Å². The van der Waals surface area contributed by atoms with E-state index in [1.807, 2.05) is 49.3 Å². The summed E-state index contributed by atoms with van der Waals surface area (Å²) in [5, 5.41) is 10.9. The number of rotatable bonds is 3. The summed E-state index contributed by atoms with van der Waals surface area (Å²) in [6.07, 6.45) is 2.42. The number of benzene rings is 1. The van der Waals surface area contributed by atoms with Crippen LogP contribution in [0.25, 0.3) is 0 Å². The largest absolute Gasteiger partial charge is 0.389 e. The van der Waals surface area contributed by atoms with Crippen molar-refractivity contribution in [2.24, 2.45) is 0 Å². The van der Waals surface area contributed by atoms with Gasteiger partial charge >= 0.3 is 0 Å². The van der Waals surface area contributed by atoms with E-state index in [9.17, 15) is 9.50 Å². The number of hydrogen-bond donors (Lipinski definition) is 1. The zero-order valence-electron chi connectivity index (χ0n) is 13.4. The average molecular weight is 316 g/mol. The second kappa shape index (κ2) is 6.22. The Balaban J connectivity index is 1.88. The number of hydrogen-bond acceptors (Lipinski definition) is 5. The molecule has 0 unspecified atom stereocenters. The molecule has 122 valence electrons. The van der Waals surface area contributed by atoms with Gasteiger partial charge in [-0.1, -0.05) is 30.3 Å². The first-order valence-corrected chi connectivity index (χ1v) is 7.67. The van der Waals surface area contributed by atoms with Crippen LogP contribution in [-0.2, 0) is 5.54 Å². The molecule has 2 atom stereocenters. The van der Waals surface area contributed by atoms with E-state index in [-0.39, 0.29) is 0 Å². The Bertz CT molecular complexity index is 649. The van der Waals surface area contributed by atoms with Crippen LogP contribution in [0.5, 0.6) is 0 Å². The smallest absolute Gasteiger partial charge is 0.225 e. The van der Waals surface area contributed by atoms with Crippen LogP contribution in [0.15, 0.2) is 42.7 Å². The van der Waals surface area contributed by atoms with Crippen molar-refractivity contribution in [2.45, 2.75) is 18.1 Å². The standard InChI is InChI=1S/C17H21FN4O/c1-21(2)17(13-6-4-3-5-7-13)8-9-22(12-15(17)23)16-19-10-14(18)11-20-16/h3-7,10-11,15,23H,8-9,12H2,1-2H3/t15-,17+/m1/s1. The Morgan fingerprint density at radius 2 is 1.87 bits per heavy atom. The lowest BCUT2D eigenvalue weighted by atomic mass is 9.77. The van der Waals surface area contributed by atoms with Crippen molar-refractivity contribution in [3.63, 3.8) is 0 Å². The first-order chi connectivity index (χ1) is 11.0. The lowest BCUT2D eigenvalue weighted by Crippen LogP contribution is -2.60. The average Bonchev–Trinajstić information content (AvgIpc) is 2.56. The molecular formula is C17H21FN4O. The number of likely N-dealkylation sites (N-methyl/N-ethyl adjacent to an activating group) is 1. The SMILES string of the molecule is CN(C)[C@]1(c2ccccc2)CCN(c2ncc(F)cn2)C[C@H]1O.